The maximum absolute atomic E-state index is 11.5. The summed E-state index contributed by atoms with van der Waals surface area (Å²) < 4.78 is 0. The van der Waals surface area contributed by atoms with Gasteiger partial charge in [-0.25, -0.2) is 0 Å². The van der Waals surface area contributed by atoms with E-state index in [0.717, 1.165) is 6.42 Å². The predicted octanol–water partition coefficient (Wildman–Crippen LogP) is 1.54. The lowest BCUT2D eigenvalue weighted by Gasteiger charge is -2.03. The average Bonchev–Trinajstić information content (AvgIpc) is 2.24. The number of benzene rings is 1. The van der Waals surface area contributed by atoms with E-state index < -0.39 is 0 Å². The van der Waals surface area contributed by atoms with Crippen molar-refractivity contribution < 1.29 is 9.90 Å². The Labute approximate surface area is 89.1 Å². The Bertz CT molecular complexity index is 379. The zero-order chi connectivity index (χ0) is 11.1. The van der Waals surface area contributed by atoms with E-state index in [2.05, 4.69) is 11.2 Å². The minimum atomic E-state index is -0.192. The fourth-order valence-corrected chi connectivity index (χ4v) is 1.14. The van der Waals surface area contributed by atoms with Crippen molar-refractivity contribution in [3.05, 3.63) is 29.8 Å². The second kappa shape index (κ2) is 5.71. The molecule has 0 atom stereocenters. The van der Waals surface area contributed by atoms with E-state index in [-0.39, 0.29) is 11.7 Å². The predicted molar refractivity (Wildman–Crippen MR) is 58.5 cm³/mol. The summed E-state index contributed by atoms with van der Waals surface area (Å²) in [5.74, 6) is 2.40. The Balaban J connectivity index is 2.44. The maximum Gasteiger partial charge on any atom is 0.251 e. The fraction of sp³-hybridized carbons (Fsp3) is 0.250. The van der Waals surface area contributed by atoms with Gasteiger partial charge in [-0.05, 0) is 24.6 Å². The molecule has 0 unspecified atom stereocenters. The second-order valence-corrected chi connectivity index (χ2v) is 3.11. The molecule has 0 saturated heterocycles. The molecular weight excluding hydrogens is 190 g/mol. The molecule has 0 aliphatic carbocycles. The van der Waals surface area contributed by atoms with E-state index in [1.54, 1.807) is 12.1 Å². The van der Waals surface area contributed by atoms with Crippen LogP contribution >= 0.6 is 0 Å². The number of phenolic OH excluding ortho intramolecular Hbond substituents is 1. The van der Waals surface area contributed by atoms with Crippen LogP contribution in [-0.2, 0) is 0 Å². The minimum Gasteiger partial charge on any atom is -0.508 e. The number of carbonyl (C=O) groups is 1. The fourth-order valence-electron chi connectivity index (χ4n) is 1.14. The number of amides is 1. The average molecular weight is 203 g/mol. The van der Waals surface area contributed by atoms with Gasteiger partial charge in [-0.1, -0.05) is 6.07 Å². The van der Waals surface area contributed by atoms with Crippen molar-refractivity contribution >= 4 is 5.91 Å². The largest absolute Gasteiger partial charge is 0.508 e. The van der Waals surface area contributed by atoms with Crippen LogP contribution in [0.1, 0.15) is 23.2 Å². The molecule has 1 aromatic carbocycles. The van der Waals surface area contributed by atoms with Gasteiger partial charge in [0.1, 0.15) is 5.75 Å². The third kappa shape index (κ3) is 3.74. The number of hydrogen-bond donors (Lipinski definition) is 2. The molecule has 0 fully saturated rings. The standard InChI is InChI=1S/C12H13NO2/c1-2-3-4-8-13-12(15)10-6-5-7-11(14)9-10/h1,5-7,9,14H,3-4,8H2,(H,13,15). The molecule has 1 aromatic rings. The van der Waals surface area contributed by atoms with Gasteiger partial charge in [0.15, 0.2) is 0 Å². The first kappa shape index (κ1) is 11.1. The van der Waals surface area contributed by atoms with Gasteiger partial charge in [0, 0.05) is 18.5 Å². The number of carbonyl (C=O) groups excluding carboxylic acids is 1. The molecule has 0 aromatic heterocycles. The molecule has 2 N–H and O–H groups in total. The number of rotatable bonds is 4. The van der Waals surface area contributed by atoms with Crippen molar-refractivity contribution in [2.75, 3.05) is 6.54 Å². The molecular formula is C12H13NO2. The normalized spacial score (nSPS) is 9.27. The third-order valence-electron chi connectivity index (χ3n) is 1.89. The first-order valence-electron chi connectivity index (χ1n) is 4.74. The summed E-state index contributed by atoms with van der Waals surface area (Å²) in [6, 6.07) is 6.23. The number of terminal acetylenes is 1. The van der Waals surface area contributed by atoms with Gasteiger partial charge in [0.2, 0.25) is 0 Å². The van der Waals surface area contributed by atoms with Crippen LogP contribution in [0.4, 0.5) is 0 Å². The van der Waals surface area contributed by atoms with Gasteiger partial charge in [-0.3, -0.25) is 4.79 Å². The lowest BCUT2D eigenvalue weighted by molar-refractivity contribution is 0.0953. The van der Waals surface area contributed by atoms with Gasteiger partial charge in [-0.2, -0.15) is 0 Å². The Hall–Kier alpha value is -1.95. The SMILES string of the molecule is C#CCCCNC(=O)c1cccc(O)c1. The number of nitrogens with one attached hydrogen (secondary N) is 1. The van der Waals surface area contributed by atoms with Crippen molar-refractivity contribution in [2.45, 2.75) is 12.8 Å². The highest BCUT2D eigenvalue weighted by molar-refractivity contribution is 5.94. The van der Waals surface area contributed by atoms with Crippen LogP contribution in [0.15, 0.2) is 24.3 Å². The Kier molecular flexibility index (Phi) is 4.24. The number of hydrogen-bond acceptors (Lipinski definition) is 2. The molecule has 0 radical (unpaired) electrons. The molecule has 1 rings (SSSR count). The molecule has 0 heterocycles. The summed E-state index contributed by atoms with van der Waals surface area (Å²) in [7, 11) is 0. The van der Waals surface area contributed by atoms with Crippen molar-refractivity contribution in [1.29, 1.82) is 0 Å². The van der Waals surface area contributed by atoms with Gasteiger partial charge < -0.3 is 10.4 Å². The summed E-state index contributed by atoms with van der Waals surface area (Å²) >= 11 is 0. The second-order valence-electron chi connectivity index (χ2n) is 3.11. The van der Waals surface area contributed by atoms with Crippen LogP contribution in [0.3, 0.4) is 0 Å². The Morgan fingerprint density at radius 3 is 3.00 bits per heavy atom. The Morgan fingerprint density at radius 2 is 2.33 bits per heavy atom. The molecule has 0 aliphatic heterocycles. The van der Waals surface area contributed by atoms with E-state index in [1.165, 1.54) is 12.1 Å². The van der Waals surface area contributed by atoms with E-state index >= 15 is 0 Å². The van der Waals surface area contributed by atoms with Crippen LogP contribution in [-0.4, -0.2) is 17.6 Å². The van der Waals surface area contributed by atoms with E-state index in [0.29, 0.717) is 18.5 Å². The Morgan fingerprint density at radius 1 is 1.53 bits per heavy atom. The quantitative estimate of drug-likeness (QED) is 0.576. The van der Waals surface area contributed by atoms with Crippen LogP contribution in [0, 0.1) is 12.3 Å². The van der Waals surface area contributed by atoms with Crippen LogP contribution in [0.5, 0.6) is 5.75 Å². The third-order valence-corrected chi connectivity index (χ3v) is 1.89. The minimum absolute atomic E-state index is 0.0891. The highest BCUT2D eigenvalue weighted by Gasteiger charge is 2.04. The molecule has 3 nitrogen and oxygen atoms in total. The smallest absolute Gasteiger partial charge is 0.251 e. The number of phenols is 1. The topological polar surface area (TPSA) is 49.3 Å². The highest BCUT2D eigenvalue weighted by Crippen LogP contribution is 2.10. The first-order valence-corrected chi connectivity index (χ1v) is 4.74. The number of aromatic hydroxyl groups is 1. The monoisotopic (exact) mass is 203 g/mol. The molecule has 15 heavy (non-hydrogen) atoms. The van der Waals surface area contributed by atoms with Gasteiger partial charge in [0.25, 0.3) is 5.91 Å². The van der Waals surface area contributed by atoms with Gasteiger partial charge in [0.05, 0.1) is 0 Å². The van der Waals surface area contributed by atoms with Crippen molar-refractivity contribution in [1.82, 2.24) is 5.32 Å². The van der Waals surface area contributed by atoms with Crippen LogP contribution in [0.2, 0.25) is 0 Å². The van der Waals surface area contributed by atoms with Gasteiger partial charge in [-0.15, -0.1) is 12.3 Å². The summed E-state index contributed by atoms with van der Waals surface area (Å²) in [5, 5.41) is 11.9. The molecule has 0 bridgehead atoms. The molecule has 78 valence electrons. The van der Waals surface area contributed by atoms with Crippen LogP contribution < -0.4 is 5.32 Å². The molecule has 1 amide bonds. The summed E-state index contributed by atoms with van der Waals surface area (Å²) in [6.45, 7) is 0.554. The van der Waals surface area contributed by atoms with Crippen molar-refractivity contribution in [3.8, 4) is 18.1 Å². The van der Waals surface area contributed by atoms with Crippen molar-refractivity contribution in [3.63, 3.8) is 0 Å². The molecule has 0 aliphatic rings. The summed E-state index contributed by atoms with van der Waals surface area (Å²) in [5.41, 5.74) is 0.454. The lowest BCUT2D eigenvalue weighted by atomic mass is 10.2. The van der Waals surface area contributed by atoms with Gasteiger partial charge >= 0.3 is 0 Å². The van der Waals surface area contributed by atoms with E-state index in [1.807, 2.05) is 0 Å². The van der Waals surface area contributed by atoms with E-state index in [4.69, 9.17) is 11.5 Å². The zero-order valence-electron chi connectivity index (χ0n) is 8.36. The van der Waals surface area contributed by atoms with Crippen LogP contribution in [0.25, 0.3) is 0 Å². The number of unbranched alkanes of at least 4 members (excludes halogenated alkanes) is 1. The zero-order valence-corrected chi connectivity index (χ0v) is 8.36. The molecule has 3 heteroatoms. The summed E-state index contributed by atoms with van der Waals surface area (Å²) in [6.07, 6.45) is 6.50. The first-order chi connectivity index (χ1) is 7.24. The lowest BCUT2D eigenvalue weighted by Crippen LogP contribution is -2.24. The molecule has 0 spiro atoms. The summed E-state index contributed by atoms with van der Waals surface area (Å²) in [4.78, 5) is 11.5. The highest BCUT2D eigenvalue weighted by atomic mass is 16.3. The van der Waals surface area contributed by atoms with Crippen molar-refractivity contribution in [2.24, 2.45) is 0 Å². The maximum atomic E-state index is 11.5. The van der Waals surface area contributed by atoms with E-state index in [9.17, 15) is 4.79 Å². The molecule has 0 saturated carbocycles.